The molecule has 9 nitrogen and oxygen atoms in total. The molecular formula is C36H41NO8. The lowest BCUT2D eigenvalue weighted by Gasteiger charge is -2.46. The average molecular weight is 616 g/mol. The Morgan fingerprint density at radius 3 is 1.78 bits per heavy atom. The van der Waals surface area contributed by atoms with Gasteiger partial charge in [-0.25, -0.2) is 4.79 Å². The number of nitrogens with one attached hydrogen (secondary N) is 1. The molecular weight excluding hydrogens is 574 g/mol. The number of hydrogen-bond donors (Lipinski definition) is 1. The van der Waals surface area contributed by atoms with Crippen molar-refractivity contribution in [1.82, 2.24) is 5.32 Å². The van der Waals surface area contributed by atoms with Gasteiger partial charge in [0.1, 0.15) is 24.2 Å². The minimum Gasteiger partial charge on any atom is -0.463 e. The first kappa shape index (κ1) is 32.5. The van der Waals surface area contributed by atoms with Gasteiger partial charge in [-0.15, -0.1) is 0 Å². The lowest BCUT2D eigenvalue weighted by atomic mass is 9.90. The van der Waals surface area contributed by atoms with E-state index in [2.05, 4.69) is 5.32 Å². The molecule has 5 rings (SSSR count). The number of rotatable bonds is 14. The minimum atomic E-state index is -0.895. The summed E-state index contributed by atoms with van der Waals surface area (Å²) in [5.74, 6) is -1.45. The Balaban J connectivity index is 1.40. The van der Waals surface area contributed by atoms with Crippen molar-refractivity contribution in [3.05, 3.63) is 119 Å². The summed E-state index contributed by atoms with van der Waals surface area (Å²) in [5, 5.41) is 2.68. The van der Waals surface area contributed by atoms with Crippen LogP contribution in [0.25, 0.3) is 0 Å². The normalized spacial score (nSPS) is 26.1. The summed E-state index contributed by atoms with van der Waals surface area (Å²) in [6.45, 7) is 6.64. The molecule has 9 heteroatoms. The van der Waals surface area contributed by atoms with Crippen LogP contribution in [0.3, 0.4) is 0 Å². The molecule has 3 aromatic rings. The predicted octanol–water partition coefficient (Wildman–Crippen LogP) is 5.09. The van der Waals surface area contributed by atoms with Crippen molar-refractivity contribution in [3.63, 3.8) is 0 Å². The summed E-state index contributed by atoms with van der Waals surface area (Å²) in [6.07, 6.45) is -2.46. The molecule has 1 amide bonds. The van der Waals surface area contributed by atoms with Crippen LogP contribution in [0.1, 0.15) is 37.5 Å². The molecule has 2 aliphatic rings. The third kappa shape index (κ3) is 8.65. The van der Waals surface area contributed by atoms with Gasteiger partial charge in [0.15, 0.2) is 6.29 Å². The third-order valence-electron chi connectivity index (χ3n) is 7.85. The van der Waals surface area contributed by atoms with E-state index in [4.69, 9.17) is 28.4 Å². The minimum absolute atomic E-state index is 0.236. The van der Waals surface area contributed by atoms with Gasteiger partial charge in [-0.05, 0) is 37.5 Å². The number of hydrogen-bond acceptors (Lipinski definition) is 8. The molecule has 45 heavy (non-hydrogen) atoms. The summed E-state index contributed by atoms with van der Waals surface area (Å²) < 4.78 is 37.6. The van der Waals surface area contributed by atoms with Crippen LogP contribution in [0.2, 0.25) is 0 Å². The summed E-state index contributed by atoms with van der Waals surface area (Å²) in [6, 6.07) is 29.7. The van der Waals surface area contributed by atoms with Crippen molar-refractivity contribution in [2.24, 2.45) is 5.92 Å². The summed E-state index contributed by atoms with van der Waals surface area (Å²) >= 11 is 0. The van der Waals surface area contributed by atoms with E-state index in [0.717, 1.165) is 16.7 Å². The van der Waals surface area contributed by atoms with Crippen LogP contribution in [0.4, 0.5) is 0 Å². The molecule has 0 aromatic heterocycles. The Morgan fingerprint density at radius 1 is 0.800 bits per heavy atom. The van der Waals surface area contributed by atoms with Crippen molar-refractivity contribution in [1.29, 1.82) is 0 Å². The van der Waals surface area contributed by atoms with Crippen LogP contribution in [-0.4, -0.2) is 55.3 Å². The average Bonchev–Trinajstić information content (AvgIpc) is 3.04. The molecule has 2 fully saturated rings. The molecule has 238 valence electrons. The molecule has 2 heterocycles. The smallest absolute Gasteiger partial charge is 0.332 e. The first-order chi connectivity index (χ1) is 21.9. The molecule has 3 aromatic carbocycles. The fraction of sp³-hybridized carbons (Fsp3) is 0.389. The molecule has 2 aliphatic heterocycles. The molecule has 0 unspecified atom stereocenters. The van der Waals surface area contributed by atoms with Crippen LogP contribution < -0.4 is 5.32 Å². The van der Waals surface area contributed by atoms with Gasteiger partial charge in [0.2, 0.25) is 5.91 Å². The van der Waals surface area contributed by atoms with Crippen LogP contribution in [0.5, 0.6) is 0 Å². The second-order valence-corrected chi connectivity index (χ2v) is 11.2. The van der Waals surface area contributed by atoms with E-state index in [0.29, 0.717) is 18.9 Å². The number of benzene rings is 3. The van der Waals surface area contributed by atoms with E-state index in [1.807, 2.05) is 97.9 Å². The van der Waals surface area contributed by atoms with Gasteiger partial charge in [0.05, 0.1) is 38.6 Å². The van der Waals surface area contributed by atoms with Crippen molar-refractivity contribution >= 4 is 11.9 Å². The lowest BCUT2D eigenvalue weighted by Crippen LogP contribution is -2.61. The number of ether oxygens (including phenoxy) is 6. The molecule has 0 saturated carbocycles. The summed E-state index contributed by atoms with van der Waals surface area (Å²) in [4.78, 5) is 24.7. The summed E-state index contributed by atoms with van der Waals surface area (Å²) in [5.41, 5.74) is 3.45. The van der Waals surface area contributed by atoms with Gasteiger partial charge in [-0.1, -0.05) is 91.0 Å². The van der Waals surface area contributed by atoms with Crippen molar-refractivity contribution in [2.45, 2.75) is 77.4 Å². The zero-order chi connectivity index (χ0) is 31.6. The molecule has 0 radical (unpaired) electrons. The largest absolute Gasteiger partial charge is 0.463 e. The first-order valence-corrected chi connectivity index (χ1v) is 15.4. The van der Waals surface area contributed by atoms with E-state index in [9.17, 15) is 9.59 Å². The molecule has 2 saturated heterocycles. The second-order valence-electron chi connectivity index (χ2n) is 11.2. The number of carbonyl (C=O) groups is 2. The number of carbonyl (C=O) groups excluding carboxylic acids is 2. The van der Waals surface area contributed by atoms with Gasteiger partial charge in [0.25, 0.3) is 0 Å². The van der Waals surface area contributed by atoms with Gasteiger partial charge in [-0.3, -0.25) is 4.79 Å². The third-order valence-corrected chi connectivity index (χ3v) is 7.85. The number of amides is 1. The van der Waals surface area contributed by atoms with E-state index in [1.54, 1.807) is 13.8 Å². The highest BCUT2D eigenvalue weighted by atomic mass is 16.7. The van der Waals surface area contributed by atoms with Crippen LogP contribution in [-0.2, 0) is 57.8 Å². The zero-order valence-electron chi connectivity index (χ0n) is 25.9. The predicted molar refractivity (Wildman–Crippen MR) is 166 cm³/mol. The standard InChI is InChI=1S/C36H41NO8/c1-4-40-30(38)20-29-31(35(39)37-29)24(2)44-36-34(43-23-28-18-12-7-13-19-28)33(42-22-27-16-10-6-11-17-27)32(25(3)45-36)41-21-26-14-8-5-9-15-26/h5-20,24-25,31-34,36H,4,21-23H2,1-3H3,(H,37,39)/b29-20-/t24-,25+,31-,32-,33-,34+,36-/m1/s1. The maximum atomic E-state index is 12.6. The SMILES string of the molecule is CCOC(=O)/C=C1\NC(=O)[C@@H]1[C@@H](C)O[C@@H]1O[C@@H](C)[C@@H](OCc2ccccc2)[C@@H](OCc2ccccc2)[C@@H]1OCc1ccccc1. The van der Waals surface area contributed by atoms with E-state index < -0.39 is 48.7 Å². The topological polar surface area (TPSA) is 102 Å². The molecule has 0 spiro atoms. The van der Waals surface area contributed by atoms with Crippen LogP contribution in [0.15, 0.2) is 103 Å². The lowest BCUT2D eigenvalue weighted by molar-refractivity contribution is -0.329. The van der Waals surface area contributed by atoms with Gasteiger partial charge in [-0.2, -0.15) is 0 Å². The monoisotopic (exact) mass is 615 g/mol. The Bertz CT molecular complexity index is 1400. The molecule has 0 aliphatic carbocycles. The highest BCUT2D eigenvalue weighted by molar-refractivity contribution is 5.95. The van der Waals surface area contributed by atoms with Crippen LogP contribution >= 0.6 is 0 Å². The quantitative estimate of drug-likeness (QED) is 0.152. The van der Waals surface area contributed by atoms with Crippen molar-refractivity contribution in [2.75, 3.05) is 6.61 Å². The Kier molecular flexibility index (Phi) is 11.5. The fourth-order valence-electron chi connectivity index (χ4n) is 5.53. The zero-order valence-corrected chi connectivity index (χ0v) is 25.9. The fourth-order valence-corrected chi connectivity index (χ4v) is 5.53. The highest BCUT2D eigenvalue weighted by Gasteiger charge is 2.49. The Labute approximate surface area is 264 Å². The molecule has 0 bridgehead atoms. The maximum absolute atomic E-state index is 12.6. The Morgan fingerprint density at radius 2 is 1.29 bits per heavy atom. The molecule has 7 atom stereocenters. The molecule has 1 N–H and O–H groups in total. The Hall–Kier alpha value is -3.86. The number of esters is 1. The van der Waals surface area contributed by atoms with E-state index in [1.165, 1.54) is 6.08 Å². The van der Waals surface area contributed by atoms with Gasteiger partial charge in [0, 0.05) is 11.8 Å². The van der Waals surface area contributed by atoms with Gasteiger partial charge >= 0.3 is 5.97 Å². The van der Waals surface area contributed by atoms with E-state index in [-0.39, 0.29) is 19.1 Å². The van der Waals surface area contributed by atoms with Crippen molar-refractivity contribution < 1.29 is 38.0 Å². The van der Waals surface area contributed by atoms with Gasteiger partial charge < -0.3 is 33.7 Å². The number of β-lactam (4-membered cyclic amide) rings is 1. The highest BCUT2D eigenvalue weighted by Crippen LogP contribution is 2.34. The van der Waals surface area contributed by atoms with Crippen LogP contribution in [0, 0.1) is 5.92 Å². The maximum Gasteiger partial charge on any atom is 0.332 e. The second kappa shape index (κ2) is 15.9. The van der Waals surface area contributed by atoms with E-state index >= 15 is 0 Å². The van der Waals surface area contributed by atoms with Crippen molar-refractivity contribution in [3.8, 4) is 0 Å². The first-order valence-electron chi connectivity index (χ1n) is 15.4. The summed E-state index contributed by atoms with van der Waals surface area (Å²) in [7, 11) is 0.